The number of ether oxygens (including phenoxy) is 1. The minimum atomic E-state index is 0.293. The molecule has 4 aliphatic rings. The molecule has 0 aromatic heterocycles. The highest BCUT2D eigenvalue weighted by Crippen LogP contribution is 2.68. The van der Waals surface area contributed by atoms with E-state index in [1.807, 2.05) is 18.2 Å². The zero-order valence-corrected chi connectivity index (χ0v) is 28.9. The monoisotopic (exact) mass is 581 g/mol. The Balaban J connectivity index is 0.000000612. The third-order valence-corrected chi connectivity index (χ3v) is 13.0. The molecule has 240 valence electrons. The molecule has 4 N–H and O–H groups in total. The van der Waals surface area contributed by atoms with Crippen LogP contribution in [0.5, 0.6) is 5.75 Å². The summed E-state index contributed by atoms with van der Waals surface area (Å²) in [6.07, 6.45) is 19.7. The third kappa shape index (κ3) is 7.28. The molecule has 4 saturated carbocycles. The van der Waals surface area contributed by atoms with Gasteiger partial charge in [-0.2, -0.15) is 0 Å². The summed E-state index contributed by atoms with van der Waals surface area (Å²) in [7, 11) is 0. The summed E-state index contributed by atoms with van der Waals surface area (Å²) in [5.74, 6) is 8.06. The average molecular weight is 581 g/mol. The van der Waals surface area contributed by atoms with Crippen LogP contribution in [-0.2, 0) is 0 Å². The van der Waals surface area contributed by atoms with Crippen molar-refractivity contribution in [2.45, 2.75) is 151 Å². The van der Waals surface area contributed by atoms with Gasteiger partial charge >= 0.3 is 0 Å². The number of nitrogens with two attached hydrogens (primary N) is 2. The van der Waals surface area contributed by atoms with Gasteiger partial charge in [-0.25, -0.2) is 0 Å². The standard InChI is InChI=1S/C33H54N2O.C6H14/c1-21(2)7-6-8-22(3)27-12-13-28-26-11-9-23-19-25(36-31-14-10-24(34)20-30(31)35)15-17-32(23,4)29(26)16-18-33(27,28)5;1-4-5-6(2)3/h10,14,20-23,25-29H,6-9,11-13,15-19,34-35H2,1-5H3;6H,4-5H2,1-3H3. The van der Waals surface area contributed by atoms with Gasteiger partial charge in [0, 0.05) is 5.69 Å². The minimum absolute atomic E-state index is 0.293. The number of hydrogen-bond acceptors (Lipinski definition) is 3. The summed E-state index contributed by atoms with van der Waals surface area (Å²) in [6.45, 7) is 19.5. The third-order valence-electron chi connectivity index (χ3n) is 13.0. The van der Waals surface area contributed by atoms with Gasteiger partial charge in [0.1, 0.15) is 5.75 Å². The van der Waals surface area contributed by atoms with Crippen LogP contribution in [0.15, 0.2) is 18.2 Å². The Labute approximate surface area is 260 Å². The van der Waals surface area contributed by atoms with Gasteiger partial charge < -0.3 is 16.2 Å². The first-order valence-corrected chi connectivity index (χ1v) is 18.2. The highest BCUT2D eigenvalue weighted by atomic mass is 16.5. The second-order valence-corrected chi connectivity index (χ2v) is 16.7. The molecule has 0 bridgehead atoms. The van der Waals surface area contributed by atoms with Crippen molar-refractivity contribution in [3.63, 3.8) is 0 Å². The molecule has 0 spiro atoms. The lowest BCUT2D eigenvalue weighted by molar-refractivity contribution is -0.126. The van der Waals surface area contributed by atoms with Crippen molar-refractivity contribution in [3.8, 4) is 5.75 Å². The molecule has 3 nitrogen and oxygen atoms in total. The molecule has 0 heterocycles. The molecule has 3 heteroatoms. The normalized spacial score (nSPS) is 36.4. The van der Waals surface area contributed by atoms with Crippen molar-refractivity contribution >= 4 is 11.4 Å². The molecule has 1 aromatic carbocycles. The molecule has 0 saturated heterocycles. The molecule has 0 radical (unpaired) electrons. The molecule has 0 amide bonds. The molecule has 1 aromatic rings. The lowest BCUT2D eigenvalue weighted by Gasteiger charge is -2.61. The number of nitrogen functional groups attached to an aromatic ring is 2. The van der Waals surface area contributed by atoms with Gasteiger partial charge in [-0.15, -0.1) is 0 Å². The van der Waals surface area contributed by atoms with Crippen molar-refractivity contribution in [1.29, 1.82) is 0 Å². The fraction of sp³-hybridized carbons (Fsp3) is 0.846. The zero-order valence-electron chi connectivity index (χ0n) is 28.9. The van der Waals surface area contributed by atoms with Crippen LogP contribution in [0.3, 0.4) is 0 Å². The molecule has 9 unspecified atom stereocenters. The summed E-state index contributed by atoms with van der Waals surface area (Å²) in [5.41, 5.74) is 14.6. The Morgan fingerprint density at radius 2 is 1.50 bits per heavy atom. The van der Waals surface area contributed by atoms with Crippen LogP contribution in [-0.4, -0.2) is 6.10 Å². The van der Waals surface area contributed by atoms with E-state index in [1.165, 1.54) is 83.5 Å². The van der Waals surface area contributed by atoms with Gasteiger partial charge in [0.15, 0.2) is 0 Å². The highest BCUT2D eigenvalue weighted by Gasteiger charge is 2.60. The maximum atomic E-state index is 6.46. The Morgan fingerprint density at radius 3 is 2.14 bits per heavy atom. The van der Waals surface area contributed by atoms with E-state index < -0.39 is 0 Å². The van der Waals surface area contributed by atoms with E-state index in [0.29, 0.717) is 28.3 Å². The van der Waals surface area contributed by atoms with Crippen molar-refractivity contribution in [2.75, 3.05) is 11.5 Å². The van der Waals surface area contributed by atoms with Crippen molar-refractivity contribution in [3.05, 3.63) is 18.2 Å². The Hall–Kier alpha value is -1.38. The van der Waals surface area contributed by atoms with Crippen LogP contribution in [0, 0.1) is 58.2 Å². The number of rotatable bonds is 9. The van der Waals surface area contributed by atoms with Gasteiger partial charge in [0.25, 0.3) is 0 Å². The Morgan fingerprint density at radius 1 is 0.810 bits per heavy atom. The van der Waals surface area contributed by atoms with E-state index in [0.717, 1.165) is 59.5 Å². The zero-order chi connectivity index (χ0) is 30.7. The lowest BCUT2D eigenvalue weighted by Crippen LogP contribution is -2.54. The molecule has 4 fully saturated rings. The van der Waals surface area contributed by atoms with Gasteiger partial charge in [-0.1, -0.05) is 87.5 Å². The van der Waals surface area contributed by atoms with Crippen LogP contribution in [0.25, 0.3) is 0 Å². The maximum absolute atomic E-state index is 6.46. The molecule has 42 heavy (non-hydrogen) atoms. The molecular weight excluding hydrogens is 512 g/mol. The minimum Gasteiger partial charge on any atom is -0.488 e. The fourth-order valence-electron chi connectivity index (χ4n) is 10.8. The lowest BCUT2D eigenvalue weighted by atomic mass is 9.44. The maximum Gasteiger partial charge on any atom is 0.142 e. The summed E-state index contributed by atoms with van der Waals surface area (Å²) < 4.78 is 6.46. The van der Waals surface area contributed by atoms with Gasteiger partial charge in [-0.3, -0.25) is 0 Å². The van der Waals surface area contributed by atoms with Crippen LogP contribution >= 0.6 is 0 Å². The summed E-state index contributed by atoms with van der Waals surface area (Å²) in [5, 5.41) is 0. The second kappa shape index (κ2) is 14.2. The number of hydrogen-bond donors (Lipinski definition) is 2. The summed E-state index contributed by atoms with van der Waals surface area (Å²) in [6, 6.07) is 5.69. The van der Waals surface area contributed by atoms with Gasteiger partial charge in [-0.05, 0) is 134 Å². The predicted octanol–water partition coefficient (Wildman–Crippen LogP) is 11.2. The molecule has 0 aliphatic heterocycles. The largest absolute Gasteiger partial charge is 0.488 e. The van der Waals surface area contributed by atoms with E-state index >= 15 is 0 Å². The van der Waals surface area contributed by atoms with Gasteiger partial charge in [0.2, 0.25) is 0 Å². The van der Waals surface area contributed by atoms with Crippen LogP contribution < -0.4 is 16.2 Å². The highest BCUT2D eigenvalue weighted by molar-refractivity contribution is 5.60. The van der Waals surface area contributed by atoms with Gasteiger partial charge in [0.05, 0.1) is 11.8 Å². The summed E-state index contributed by atoms with van der Waals surface area (Å²) >= 11 is 0. The SMILES string of the molecule is CC(C)CCCC(C)C1CCC2C3CCC4CC(Oc5ccc(N)cc5N)CCC4(C)C3CCC12C.CCCC(C)C. The second-order valence-electron chi connectivity index (χ2n) is 16.7. The molecule has 9 atom stereocenters. The van der Waals surface area contributed by atoms with Crippen molar-refractivity contribution < 1.29 is 4.74 Å². The first-order valence-electron chi connectivity index (χ1n) is 18.2. The number of anilines is 2. The van der Waals surface area contributed by atoms with E-state index in [4.69, 9.17) is 16.2 Å². The molecule has 5 rings (SSSR count). The predicted molar refractivity (Wildman–Crippen MR) is 182 cm³/mol. The van der Waals surface area contributed by atoms with E-state index in [-0.39, 0.29) is 0 Å². The molecular formula is C39H68N2O. The van der Waals surface area contributed by atoms with E-state index in [2.05, 4.69) is 55.4 Å². The Kier molecular flexibility index (Phi) is 11.3. The molecule has 4 aliphatic carbocycles. The summed E-state index contributed by atoms with van der Waals surface area (Å²) in [4.78, 5) is 0. The topological polar surface area (TPSA) is 61.3 Å². The fourth-order valence-corrected chi connectivity index (χ4v) is 10.8. The van der Waals surface area contributed by atoms with Crippen LogP contribution in [0.4, 0.5) is 11.4 Å². The first-order chi connectivity index (χ1) is 19.9. The van der Waals surface area contributed by atoms with Crippen LogP contribution in [0.2, 0.25) is 0 Å². The first kappa shape index (κ1) is 33.5. The number of fused-ring (bicyclic) bond motifs is 5. The van der Waals surface area contributed by atoms with Crippen LogP contribution in [0.1, 0.15) is 145 Å². The average Bonchev–Trinajstić information content (AvgIpc) is 3.28. The van der Waals surface area contributed by atoms with E-state index in [9.17, 15) is 0 Å². The van der Waals surface area contributed by atoms with Crippen molar-refractivity contribution in [2.24, 2.45) is 58.2 Å². The van der Waals surface area contributed by atoms with E-state index in [1.54, 1.807) is 0 Å². The van der Waals surface area contributed by atoms with Crippen molar-refractivity contribution in [1.82, 2.24) is 0 Å². The smallest absolute Gasteiger partial charge is 0.142 e. The Bertz CT molecular complexity index is 989. The quantitative estimate of drug-likeness (QED) is 0.286. The number of benzene rings is 1.